The predicted octanol–water partition coefficient (Wildman–Crippen LogP) is 3.34. The number of thioether (sulfide) groups is 1. The molecule has 0 radical (unpaired) electrons. The van der Waals surface area contributed by atoms with Crippen LogP contribution in [0.3, 0.4) is 0 Å². The quantitative estimate of drug-likeness (QED) is 0.438. The Balaban J connectivity index is 2.39. The van der Waals surface area contributed by atoms with E-state index < -0.39 is 5.60 Å². The van der Waals surface area contributed by atoms with E-state index in [-0.39, 0.29) is 5.56 Å². The molecule has 1 aromatic heterocycles. The third-order valence-electron chi connectivity index (χ3n) is 3.31. The molecule has 1 aromatic carbocycles. The summed E-state index contributed by atoms with van der Waals surface area (Å²) in [7, 11) is 0. The van der Waals surface area contributed by atoms with Gasteiger partial charge < -0.3 is 9.84 Å². The Morgan fingerprint density at radius 1 is 1.42 bits per heavy atom. The number of ether oxygens (including phenoxy) is 1. The van der Waals surface area contributed by atoms with Gasteiger partial charge in [0, 0.05) is 30.5 Å². The van der Waals surface area contributed by atoms with E-state index in [1.807, 2.05) is 6.92 Å². The Morgan fingerprint density at radius 3 is 2.83 bits per heavy atom. The Bertz CT molecular complexity index is 756. The van der Waals surface area contributed by atoms with Crippen LogP contribution in [0.25, 0.3) is 10.9 Å². The van der Waals surface area contributed by atoms with Gasteiger partial charge in [-0.25, -0.2) is 4.98 Å². The number of aliphatic hydroxyl groups is 1. The zero-order chi connectivity index (χ0) is 17.7. The number of hydrogen-bond donors (Lipinski definition) is 1. The van der Waals surface area contributed by atoms with E-state index in [9.17, 15) is 9.90 Å². The van der Waals surface area contributed by atoms with Gasteiger partial charge in [0.15, 0.2) is 5.16 Å². The normalized spacial score (nSPS) is 12.0. The summed E-state index contributed by atoms with van der Waals surface area (Å²) in [6, 6.07) is 5.09. The first-order valence-corrected chi connectivity index (χ1v) is 9.31. The molecule has 0 amide bonds. The molecule has 0 atom stereocenters. The highest BCUT2D eigenvalue weighted by Crippen LogP contribution is 2.23. The largest absolute Gasteiger partial charge is 0.390 e. The van der Waals surface area contributed by atoms with Crippen LogP contribution in [0.1, 0.15) is 27.2 Å². The van der Waals surface area contributed by atoms with Gasteiger partial charge in [-0.15, -0.1) is 0 Å². The average Bonchev–Trinajstić information content (AvgIpc) is 2.50. The van der Waals surface area contributed by atoms with Gasteiger partial charge in [0.25, 0.3) is 5.56 Å². The third-order valence-corrected chi connectivity index (χ3v) is 4.97. The first kappa shape index (κ1) is 19.2. The SMILES string of the molecule is CCOCCCn1c(SCC(C)(C)O)nc2cc(Cl)ccc2c1=O. The Hall–Kier alpha value is -1.08. The van der Waals surface area contributed by atoms with Gasteiger partial charge in [-0.05, 0) is 45.4 Å². The van der Waals surface area contributed by atoms with E-state index in [0.29, 0.717) is 46.6 Å². The van der Waals surface area contributed by atoms with Crippen LogP contribution < -0.4 is 5.56 Å². The fourth-order valence-corrected chi connectivity index (χ4v) is 3.33. The van der Waals surface area contributed by atoms with Crippen molar-refractivity contribution in [3.63, 3.8) is 0 Å². The molecule has 0 spiro atoms. The van der Waals surface area contributed by atoms with Crippen molar-refractivity contribution in [2.75, 3.05) is 19.0 Å². The van der Waals surface area contributed by atoms with Gasteiger partial charge in [-0.1, -0.05) is 23.4 Å². The van der Waals surface area contributed by atoms with Crippen LogP contribution in [-0.4, -0.2) is 39.2 Å². The Morgan fingerprint density at radius 2 is 2.17 bits per heavy atom. The van der Waals surface area contributed by atoms with Crippen LogP contribution in [0, 0.1) is 0 Å². The van der Waals surface area contributed by atoms with Crippen LogP contribution in [0.15, 0.2) is 28.2 Å². The summed E-state index contributed by atoms with van der Waals surface area (Å²) in [5, 5.41) is 11.6. The molecule has 0 saturated heterocycles. The van der Waals surface area contributed by atoms with E-state index in [4.69, 9.17) is 16.3 Å². The standard InChI is InChI=1S/C17H23ClN2O3S/c1-4-23-9-5-8-20-15(21)13-7-6-12(18)10-14(13)19-16(20)24-11-17(2,3)22/h6-7,10,22H,4-5,8-9,11H2,1-3H3. The Labute approximate surface area is 151 Å². The maximum atomic E-state index is 12.8. The lowest BCUT2D eigenvalue weighted by Crippen LogP contribution is -2.26. The monoisotopic (exact) mass is 370 g/mol. The minimum Gasteiger partial charge on any atom is -0.390 e. The minimum absolute atomic E-state index is 0.0913. The maximum absolute atomic E-state index is 12.8. The fourth-order valence-electron chi connectivity index (χ4n) is 2.19. The molecule has 24 heavy (non-hydrogen) atoms. The lowest BCUT2D eigenvalue weighted by Gasteiger charge is -2.18. The Kier molecular flexibility index (Phi) is 6.69. The van der Waals surface area contributed by atoms with Crippen LogP contribution >= 0.6 is 23.4 Å². The van der Waals surface area contributed by atoms with Gasteiger partial charge in [-0.3, -0.25) is 9.36 Å². The van der Waals surface area contributed by atoms with Crippen molar-refractivity contribution in [2.24, 2.45) is 0 Å². The molecule has 1 N–H and O–H groups in total. The molecule has 0 aliphatic rings. The van der Waals surface area contributed by atoms with Gasteiger partial charge >= 0.3 is 0 Å². The second-order valence-electron chi connectivity index (χ2n) is 6.16. The van der Waals surface area contributed by atoms with E-state index in [0.717, 1.165) is 6.42 Å². The van der Waals surface area contributed by atoms with E-state index in [1.165, 1.54) is 11.8 Å². The molecule has 2 rings (SSSR count). The zero-order valence-corrected chi connectivity index (χ0v) is 15.8. The molecule has 1 heterocycles. The third kappa shape index (κ3) is 5.21. The lowest BCUT2D eigenvalue weighted by atomic mass is 10.2. The molecular formula is C17H23ClN2O3S. The van der Waals surface area contributed by atoms with Crippen molar-refractivity contribution in [1.82, 2.24) is 9.55 Å². The molecule has 132 valence electrons. The van der Waals surface area contributed by atoms with E-state index in [1.54, 1.807) is 36.6 Å². The summed E-state index contributed by atoms with van der Waals surface area (Å²) >= 11 is 7.39. The van der Waals surface area contributed by atoms with E-state index in [2.05, 4.69) is 4.98 Å². The van der Waals surface area contributed by atoms with Crippen molar-refractivity contribution < 1.29 is 9.84 Å². The second kappa shape index (κ2) is 8.34. The van der Waals surface area contributed by atoms with Crippen molar-refractivity contribution >= 4 is 34.3 Å². The lowest BCUT2D eigenvalue weighted by molar-refractivity contribution is 0.107. The number of benzene rings is 1. The molecule has 0 fully saturated rings. The highest BCUT2D eigenvalue weighted by molar-refractivity contribution is 7.99. The predicted molar refractivity (Wildman–Crippen MR) is 99.1 cm³/mol. The van der Waals surface area contributed by atoms with E-state index >= 15 is 0 Å². The van der Waals surface area contributed by atoms with Crippen molar-refractivity contribution in [1.29, 1.82) is 0 Å². The number of halogens is 1. The number of nitrogens with zero attached hydrogens (tertiary/aromatic N) is 2. The molecule has 5 nitrogen and oxygen atoms in total. The van der Waals surface area contributed by atoms with Crippen molar-refractivity contribution in [3.05, 3.63) is 33.6 Å². The average molecular weight is 371 g/mol. The maximum Gasteiger partial charge on any atom is 0.262 e. The molecule has 2 aromatic rings. The summed E-state index contributed by atoms with van der Waals surface area (Å²) in [6.45, 7) is 7.18. The molecule has 0 saturated carbocycles. The molecule has 0 aliphatic heterocycles. The van der Waals surface area contributed by atoms with Crippen LogP contribution in [0.2, 0.25) is 5.02 Å². The van der Waals surface area contributed by atoms with Gasteiger partial charge in [0.2, 0.25) is 0 Å². The first-order chi connectivity index (χ1) is 11.3. The summed E-state index contributed by atoms with van der Waals surface area (Å²) in [5.74, 6) is 0.441. The summed E-state index contributed by atoms with van der Waals surface area (Å²) in [4.78, 5) is 17.4. The molecule has 0 unspecified atom stereocenters. The van der Waals surface area contributed by atoms with Gasteiger partial charge in [0.05, 0.1) is 16.5 Å². The van der Waals surface area contributed by atoms with Crippen molar-refractivity contribution in [2.45, 2.75) is 44.5 Å². The smallest absolute Gasteiger partial charge is 0.262 e. The zero-order valence-electron chi connectivity index (χ0n) is 14.2. The van der Waals surface area contributed by atoms with Crippen LogP contribution in [0.4, 0.5) is 0 Å². The molecule has 7 heteroatoms. The second-order valence-corrected chi connectivity index (χ2v) is 7.54. The van der Waals surface area contributed by atoms with Crippen LogP contribution in [-0.2, 0) is 11.3 Å². The molecular weight excluding hydrogens is 348 g/mol. The number of aromatic nitrogens is 2. The van der Waals surface area contributed by atoms with Crippen molar-refractivity contribution in [3.8, 4) is 0 Å². The topological polar surface area (TPSA) is 64.3 Å². The summed E-state index contributed by atoms with van der Waals surface area (Å²) < 4.78 is 7.01. The van der Waals surface area contributed by atoms with Gasteiger partial charge in [0.1, 0.15) is 0 Å². The summed E-state index contributed by atoms with van der Waals surface area (Å²) in [6.07, 6.45) is 0.727. The highest BCUT2D eigenvalue weighted by Gasteiger charge is 2.17. The number of rotatable bonds is 8. The first-order valence-electron chi connectivity index (χ1n) is 7.95. The van der Waals surface area contributed by atoms with Crippen LogP contribution in [0.5, 0.6) is 0 Å². The van der Waals surface area contributed by atoms with Gasteiger partial charge in [-0.2, -0.15) is 0 Å². The minimum atomic E-state index is -0.845. The number of fused-ring (bicyclic) bond motifs is 1. The fraction of sp³-hybridized carbons (Fsp3) is 0.529. The molecule has 0 bridgehead atoms. The highest BCUT2D eigenvalue weighted by atomic mass is 35.5. The summed E-state index contributed by atoms with van der Waals surface area (Å²) in [5.41, 5.74) is -0.361. The number of hydrogen-bond acceptors (Lipinski definition) is 5. The molecule has 0 aliphatic carbocycles.